The molecule has 1 rings (SSSR count). The lowest BCUT2D eigenvalue weighted by Crippen LogP contribution is -2.31. The molecule has 0 aromatic carbocycles. The van der Waals surface area contributed by atoms with Gasteiger partial charge in [0.15, 0.2) is 0 Å². The van der Waals surface area contributed by atoms with Crippen LogP contribution in [0.4, 0.5) is 0 Å². The molecule has 0 aromatic heterocycles. The first-order valence-electron chi connectivity index (χ1n) is 3.99. The third kappa shape index (κ3) is 3.20. The van der Waals surface area contributed by atoms with Gasteiger partial charge in [-0.25, -0.2) is 4.57 Å². The highest BCUT2D eigenvalue weighted by Crippen LogP contribution is 2.37. The van der Waals surface area contributed by atoms with Crippen molar-refractivity contribution in [1.82, 2.24) is 0 Å². The molecule has 3 N–H and O–H groups in total. The summed E-state index contributed by atoms with van der Waals surface area (Å²) in [5, 5.41) is 8.85. The lowest BCUT2D eigenvalue weighted by Gasteiger charge is -2.14. The Kier molecular flexibility index (Phi) is 3.99. The smallest absolute Gasteiger partial charge is 0.389 e. The van der Waals surface area contributed by atoms with E-state index in [1.807, 2.05) is 0 Å². The minimum Gasteiger partial charge on any atom is -0.389 e. The quantitative estimate of drug-likeness (QED) is 0.315. The molecule has 4 atom stereocenters. The van der Waals surface area contributed by atoms with E-state index < -0.39 is 25.4 Å². The van der Waals surface area contributed by atoms with E-state index in [2.05, 4.69) is 4.52 Å². The number of halogens is 1. The van der Waals surface area contributed by atoms with Crippen LogP contribution in [0.2, 0.25) is 0 Å². The van der Waals surface area contributed by atoms with E-state index in [1.54, 1.807) is 7.85 Å². The molecule has 1 saturated heterocycles. The van der Waals surface area contributed by atoms with Crippen molar-refractivity contribution in [3.05, 3.63) is 0 Å². The summed E-state index contributed by atoms with van der Waals surface area (Å²) < 4.78 is 19.7. The number of hydrogen-bond donors (Lipinski definition) is 3. The summed E-state index contributed by atoms with van der Waals surface area (Å²) in [6.07, 6.45) is -1.77. The Morgan fingerprint density at radius 3 is 2.50 bits per heavy atom. The van der Waals surface area contributed by atoms with E-state index >= 15 is 0 Å². The van der Waals surface area contributed by atoms with Crippen LogP contribution in [-0.4, -0.2) is 52.9 Å². The Hall–Kier alpha value is 0.385. The van der Waals surface area contributed by atoms with Crippen molar-refractivity contribution in [1.29, 1.82) is 0 Å². The first-order chi connectivity index (χ1) is 6.31. The molecule has 0 spiro atoms. The third-order valence-corrected chi connectivity index (χ3v) is 3.05. The highest BCUT2D eigenvalue weighted by molar-refractivity contribution is 7.46. The second kappa shape index (κ2) is 4.49. The van der Waals surface area contributed by atoms with Gasteiger partial charge in [-0.1, -0.05) is 0 Å². The molecule has 0 amide bonds. The van der Waals surface area contributed by atoms with E-state index in [0.29, 0.717) is 0 Å². The van der Waals surface area contributed by atoms with Gasteiger partial charge in [-0.15, -0.1) is 11.6 Å². The van der Waals surface area contributed by atoms with E-state index in [4.69, 9.17) is 26.1 Å². The Bertz CT molecular complexity index is 246. The number of alkyl halides is 1. The maximum atomic E-state index is 10.4. The predicted octanol–water partition coefficient (Wildman–Crippen LogP) is -1.58. The normalized spacial score (nSPS) is 38.9. The Balaban J connectivity index is 2.44. The first-order valence-corrected chi connectivity index (χ1v) is 5.95. The Morgan fingerprint density at radius 1 is 1.57 bits per heavy atom. The molecule has 0 aromatic rings. The minimum atomic E-state index is -4.52. The van der Waals surface area contributed by atoms with E-state index in [1.165, 1.54) is 0 Å². The topological polar surface area (TPSA) is 96.2 Å². The molecule has 0 aliphatic carbocycles. The van der Waals surface area contributed by atoms with Crippen molar-refractivity contribution in [2.75, 3.05) is 6.61 Å². The molecule has 6 nitrogen and oxygen atoms in total. The second-order valence-corrected chi connectivity index (χ2v) is 4.84. The number of ether oxygens (including phenoxy) is 1. The Labute approximate surface area is 86.8 Å². The summed E-state index contributed by atoms with van der Waals surface area (Å²) in [6, 6.07) is -0.364. The largest absolute Gasteiger partial charge is 0.469 e. The van der Waals surface area contributed by atoms with Crippen LogP contribution in [0.25, 0.3) is 0 Å². The lowest BCUT2D eigenvalue weighted by molar-refractivity contribution is -0.00417. The fourth-order valence-electron chi connectivity index (χ4n) is 1.22. The van der Waals surface area contributed by atoms with Crippen molar-refractivity contribution < 1.29 is 28.7 Å². The monoisotopic (exact) mass is 244 g/mol. The fraction of sp³-hybridized carbons (Fsp3) is 1.00. The Morgan fingerprint density at radius 2 is 2.14 bits per heavy atom. The molecule has 1 heterocycles. The predicted molar refractivity (Wildman–Crippen MR) is 50.8 cm³/mol. The van der Waals surface area contributed by atoms with Gasteiger partial charge >= 0.3 is 7.82 Å². The number of aliphatic hydroxyl groups excluding tert-OH is 1. The van der Waals surface area contributed by atoms with Crippen molar-refractivity contribution in [2.45, 2.75) is 23.6 Å². The van der Waals surface area contributed by atoms with Crippen LogP contribution in [0.15, 0.2) is 0 Å². The van der Waals surface area contributed by atoms with E-state index in [0.717, 1.165) is 0 Å². The highest BCUT2D eigenvalue weighted by Gasteiger charge is 2.40. The van der Waals surface area contributed by atoms with Gasteiger partial charge < -0.3 is 19.6 Å². The molecule has 0 unspecified atom stereocenters. The van der Waals surface area contributed by atoms with Gasteiger partial charge in [0, 0.05) is 6.00 Å². The maximum Gasteiger partial charge on any atom is 0.469 e. The summed E-state index contributed by atoms with van der Waals surface area (Å²) >= 11 is 5.73. The average Bonchev–Trinajstić information content (AvgIpc) is 2.28. The molecule has 9 heteroatoms. The summed E-state index contributed by atoms with van der Waals surface area (Å²) in [5.74, 6) is 0. The van der Waals surface area contributed by atoms with Crippen LogP contribution in [0, 0.1) is 0 Å². The van der Waals surface area contributed by atoms with Crippen molar-refractivity contribution in [3.8, 4) is 0 Å². The average molecular weight is 244 g/mol. The molecule has 0 saturated carbocycles. The van der Waals surface area contributed by atoms with Crippen molar-refractivity contribution >= 4 is 27.3 Å². The maximum absolute atomic E-state index is 10.4. The van der Waals surface area contributed by atoms with Crippen LogP contribution in [-0.2, 0) is 13.8 Å². The zero-order chi connectivity index (χ0) is 10.9. The van der Waals surface area contributed by atoms with Crippen LogP contribution in [0.5, 0.6) is 0 Å². The van der Waals surface area contributed by atoms with Crippen molar-refractivity contribution in [3.63, 3.8) is 0 Å². The molecular formula is C5H11BClO6P. The van der Waals surface area contributed by atoms with Crippen LogP contribution in [0.3, 0.4) is 0 Å². The minimum absolute atomic E-state index is 0.364. The summed E-state index contributed by atoms with van der Waals surface area (Å²) in [4.78, 5) is 16.8. The zero-order valence-electron chi connectivity index (χ0n) is 7.41. The number of phosphoric acid groups is 1. The zero-order valence-corrected chi connectivity index (χ0v) is 9.06. The number of aliphatic hydroxyl groups is 1. The lowest BCUT2D eigenvalue weighted by atomic mass is 9.95. The second-order valence-electron chi connectivity index (χ2n) is 3.10. The molecule has 14 heavy (non-hydrogen) atoms. The fourth-order valence-corrected chi connectivity index (χ4v) is 1.79. The van der Waals surface area contributed by atoms with Gasteiger partial charge in [0.1, 0.15) is 20.1 Å². The standard InChI is InChI=1S/C5H11BClO6P/c6-5-3(7)4(8)2(13-5)1-12-14(9,10)11/h2-5,8H,1,6H2,(H2,9,10,11)/t2-,3-,4-,5-/m1/s1. The van der Waals surface area contributed by atoms with Gasteiger partial charge in [-0.2, -0.15) is 0 Å². The molecular weight excluding hydrogens is 233 g/mol. The van der Waals surface area contributed by atoms with Crippen molar-refractivity contribution in [2.24, 2.45) is 0 Å². The highest BCUT2D eigenvalue weighted by atomic mass is 35.5. The molecule has 1 aliphatic rings. The van der Waals surface area contributed by atoms with E-state index in [9.17, 15) is 9.67 Å². The van der Waals surface area contributed by atoms with Gasteiger partial charge in [0.05, 0.1) is 12.0 Å². The molecule has 82 valence electrons. The number of rotatable bonds is 3. The number of hydrogen-bond acceptors (Lipinski definition) is 4. The van der Waals surface area contributed by atoms with Gasteiger partial charge in [-0.3, -0.25) is 4.52 Å². The third-order valence-electron chi connectivity index (χ3n) is 1.95. The van der Waals surface area contributed by atoms with Crippen LogP contribution >= 0.6 is 19.4 Å². The van der Waals surface area contributed by atoms with E-state index in [-0.39, 0.29) is 12.6 Å². The summed E-state index contributed by atoms with van der Waals surface area (Å²) in [7, 11) is -2.85. The molecule has 1 fully saturated rings. The van der Waals surface area contributed by atoms with Gasteiger partial charge in [0.2, 0.25) is 0 Å². The molecule has 0 bridgehead atoms. The molecule has 1 aliphatic heterocycles. The van der Waals surface area contributed by atoms with Gasteiger partial charge in [-0.05, 0) is 0 Å². The summed E-state index contributed by atoms with van der Waals surface area (Å²) in [6.45, 7) is -0.376. The first kappa shape index (κ1) is 12.5. The SMILES string of the molecule is B[C@@H]1O[C@H](COP(=O)(O)O)[C@@H](O)[C@H]1Cl. The van der Waals surface area contributed by atoms with Gasteiger partial charge in [0.25, 0.3) is 0 Å². The summed E-state index contributed by atoms with van der Waals surface area (Å²) in [5.41, 5.74) is 0. The molecule has 0 radical (unpaired) electrons. The van der Waals surface area contributed by atoms with Crippen LogP contribution in [0.1, 0.15) is 0 Å². The van der Waals surface area contributed by atoms with Crippen LogP contribution < -0.4 is 0 Å². The number of phosphoric ester groups is 1.